The van der Waals surface area contributed by atoms with Crippen LogP contribution < -0.4 is 10.1 Å². The summed E-state index contributed by atoms with van der Waals surface area (Å²) in [5, 5.41) is 11.5. The number of aryl methyl sites for hydroxylation is 1. The quantitative estimate of drug-likeness (QED) is 0.872. The van der Waals surface area contributed by atoms with Gasteiger partial charge < -0.3 is 10.1 Å². The number of rotatable bonds is 5. The number of ether oxygens (including phenoxy) is 1. The molecule has 1 heterocycles. The van der Waals surface area contributed by atoms with Crippen LogP contribution in [0.2, 0.25) is 0 Å². The van der Waals surface area contributed by atoms with E-state index in [0.717, 1.165) is 35.8 Å². The number of methoxy groups -OCH3 is 1. The van der Waals surface area contributed by atoms with Crippen LogP contribution in [0.4, 0.5) is 0 Å². The fraction of sp³-hybridized carbons (Fsp3) is 0.385. The molecule has 0 aliphatic carbocycles. The van der Waals surface area contributed by atoms with Crippen LogP contribution in [0, 0.1) is 6.92 Å². The Morgan fingerprint density at radius 3 is 2.89 bits per heavy atom. The third-order valence-electron chi connectivity index (χ3n) is 2.74. The van der Waals surface area contributed by atoms with Gasteiger partial charge in [-0.1, -0.05) is 12.1 Å². The molecule has 0 spiro atoms. The first kappa shape index (κ1) is 12.6. The summed E-state index contributed by atoms with van der Waals surface area (Å²) in [6.07, 6.45) is 1.93. The number of nitrogens with zero attached hydrogens (tertiary/aromatic N) is 3. The summed E-state index contributed by atoms with van der Waals surface area (Å²) in [6.45, 7) is 5.75. The maximum Gasteiger partial charge on any atom is 0.121 e. The van der Waals surface area contributed by atoms with Gasteiger partial charge in [0.05, 0.1) is 24.7 Å². The summed E-state index contributed by atoms with van der Waals surface area (Å²) in [7, 11) is 1.67. The van der Waals surface area contributed by atoms with Crippen molar-refractivity contribution in [2.45, 2.75) is 20.4 Å². The minimum absolute atomic E-state index is 0.742. The average molecular weight is 246 g/mol. The summed E-state index contributed by atoms with van der Waals surface area (Å²) in [5.74, 6) is 0.881. The van der Waals surface area contributed by atoms with Gasteiger partial charge in [-0.2, -0.15) is 0 Å². The van der Waals surface area contributed by atoms with E-state index < -0.39 is 0 Å². The van der Waals surface area contributed by atoms with Crippen molar-refractivity contribution in [2.75, 3.05) is 13.7 Å². The number of nitrogens with one attached hydrogen (secondary N) is 1. The molecule has 2 rings (SSSR count). The van der Waals surface area contributed by atoms with Gasteiger partial charge in [-0.25, -0.2) is 4.68 Å². The molecule has 0 saturated carbocycles. The van der Waals surface area contributed by atoms with E-state index in [1.54, 1.807) is 11.8 Å². The van der Waals surface area contributed by atoms with E-state index in [-0.39, 0.29) is 0 Å². The van der Waals surface area contributed by atoms with Gasteiger partial charge in [-0.15, -0.1) is 5.10 Å². The van der Waals surface area contributed by atoms with Gasteiger partial charge in [0.2, 0.25) is 0 Å². The Morgan fingerprint density at radius 1 is 1.39 bits per heavy atom. The van der Waals surface area contributed by atoms with Crippen LogP contribution in [0.5, 0.6) is 5.75 Å². The average Bonchev–Trinajstić information content (AvgIpc) is 2.85. The molecule has 0 unspecified atom stereocenters. The second-order valence-electron chi connectivity index (χ2n) is 4.09. The van der Waals surface area contributed by atoms with Crippen LogP contribution in [-0.2, 0) is 6.54 Å². The molecule has 0 aliphatic heterocycles. The predicted molar refractivity (Wildman–Crippen MR) is 70.0 cm³/mol. The van der Waals surface area contributed by atoms with Crippen LogP contribution in [0.3, 0.4) is 0 Å². The Morgan fingerprint density at radius 2 is 2.22 bits per heavy atom. The lowest BCUT2D eigenvalue weighted by atomic mass is 10.2. The molecule has 0 aliphatic rings. The van der Waals surface area contributed by atoms with Crippen LogP contribution in [0.1, 0.15) is 18.2 Å². The van der Waals surface area contributed by atoms with Crippen molar-refractivity contribution in [3.8, 4) is 11.4 Å². The molecule has 0 bridgehead atoms. The third kappa shape index (κ3) is 2.68. The zero-order valence-electron chi connectivity index (χ0n) is 11.0. The van der Waals surface area contributed by atoms with Gasteiger partial charge in [0.25, 0.3) is 0 Å². The Labute approximate surface area is 107 Å². The van der Waals surface area contributed by atoms with Gasteiger partial charge in [-0.05, 0) is 37.2 Å². The first-order chi connectivity index (χ1) is 8.74. The van der Waals surface area contributed by atoms with Gasteiger partial charge >= 0.3 is 0 Å². The smallest absolute Gasteiger partial charge is 0.121 e. The standard InChI is InChI=1S/C13H18N4O/c1-4-14-8-11-9-17(16-15-11)12-5-6-13(18-3)10(2)7-12/h5-7,9,14H,4,8H2,1-3H3. The molecular formula is C13H18N4O. The minimum Gasteiger partial charge on any atom is -0.496 e. The summed E-state index contributed by atoms with van der Waals surface area (Å²) in [5.41, 5.74) is 3.01. The fourth-order valence-corrected chi connectivity index (χ4v) is 1.76. The molecule has 18 heavy (non-hydrogen) atoms. The van der Waals surface area contributed by atoms with Gasteiger partial charge in [0, 0.05) is 6.54 Å². The van der Waals surface area contributed by atoms with Crippen LogP contribution in [-0.4, -0.2) is 28.6 Å². The summed E-state index contributed by atoms with van der Waals surface area (Å²) in [4.78, 5) is 0. The highest BCUT2D eigenvalue weighted by Gasteiger charge is 2.04. The van der Waals surface area contributed by atoms with E-state index in [0.29, 0.717) is 0 Å². The topological polar surface area (TPSA) is 52.0 Å². The van der Waals surface area contributed by atoms with Gasteiger partial charge in [0.1, 0.15) is 5.75 Å². The van der Waals surface area contributed by atoms with Crippen molar-refractivity contribution >= 4 is 0 Å². The second-order valence-corrected chi connectivity index (χ2v) is 4.09. The first-order valence-corrected chi connectivity index (χ1v) is 6.01. The van der Waals surface area contributed by atoms with Gasteiger partial charge in [0.15, 0.2) is 0 Å². The monoisotopic (exact) mass is 246 g/mol. The second kappa shape index (κ2) is 5.64. The first-order valence-electron chi connectivity index (χ1n) is 6.01. The van der Waals surface area contributed by atoms with Gasteiger partial charge in [-0.3, -0.25) is 0 Å². The van der Waals surface area contributed by atoms with Crippen molar-refractivity contribution in [3.05, 3.63) is 35.7 Å². The lowest BCUT2D eigenvalue weighted by molar-refractivity contribution is 0.411. The van der Waals surface area contributed by atoms with Crippen molar-refractivity contribution in [2.24, 2.45) is 0 Å². The van der Waals surface area contributed by atoms with E-state index >= 15 is 0 Å². The molecule has 1 aromatic carbocycles. The van der Waals surface area contributed by atoms with Crippen LogP contribution in [0.25, 0.3) is 5.69 Å². The molecule has 96 valence electrons. The van der Waals surface area contributed by atoms with Crippen molar-refractivity contribution in [1.82, 2.24) is 20.3 Å². The Balaban J connectivity index is 2.20. The maximum atomic E-state index is 5.24. The number of benzene rings is 1. The molecule has 0 saturated heterocycles. The normalized spacial score (nSPS) is 10.6. The number of hydrogen-bond donors (Lipinski definition) is 1. The molecule has 5 nitrogen and oxygen atoms in total. The fourth-order valence-electron chi connectivity index (χ4n) is 1.76. The Bertz CT molecular complexity index is 521. The van der Waals surface area contributed by atoms with E-state index in [1.807, 2.05) is 31.3 Å². The Kier molecular flexibility index (Phi) is 3.94. The Hall–Kier alpha value is -1.88. The molecule has 1 aromatic heterocycles. The zero-order chi connectivity index (χ0) is 13.0. The molecule has 0 amide bonds. The highest BCUT2D eigenvalue weighted by Crippen LogP contribution is 2.20. The predicted octanol–water partition coefficient (Wildman–Crippen LogP) is 1.69. The van der Waals surface area contributed by atoms with E-state index in [9.17, 15) is 0 Å². The molecular weight excluding hydrogens is 228 g/mol. The molecule has 0 radical (unpaired) electrons. The number of hydrogen-bond acceptors (Lipinski definition) is 4. The largest absolute Gasteiger partial charge is 0.496 e. The summed E-state index contributed by atoms with van der Waals surface area (Å²) >= 11 is 0. The summed E-state index contributed by atoms with van der Waals surface area (Å²) < 4.78 is 7.02. The summed E-state index contributed by atoms with van der Waals surface area (Å²) in [6, 6.07) is 5.94. The molecule has 1 N–H and O–H groups in total. The van der Waals surface area contributed by atoms with Crippen molar-refractivity contribution < 1.29 is 4.74 Å². The van der Waals surface area contributed by atoms with Crippen molar-refractivity contribution in [1.29, 1.82) is 0 Å². The highest BCUT2D eigenvalue weighted by molar-refractivity contribution is 5.43. The molecule has 0 atom stereocenters. The lowest BCUT2D eigenvalue weighted by Crippen LogP contribution is -2.11. The van der Waals surface area contributed by atoms with Crippen LogP contribution >= 0.6 is 0 Å². The zero-order valence-corrected chi connectivity index (χ0v) is 11.0. The third-order valence-corrected chi connectivity index (χ3v) is 2.74. The molecule has 0 fully saturated rings. The number of aromatic nitrogens is 3. The maximum absolute atomic E-state index is 5.24. The SMILES string of the molecule is CCNCc1cn(-c2ccc(OC)c(C)c2)nn1. The molecule has 5 heteroatoms. The highest BCUT2D eigenvalue weighted by atomic mass is 16.5. The van der Waals surface area contributed by atoms with Crippen LogP contribution in [0.15, 0.2) is 24.4 Å². The lowest BCUT2D eigenvalue weighted by Gasteiger charge is -2.06. The van der Waals surface area contributed by atoms with E-state index in [1.165, 1.54) is 0 Å². The van der Waals surface area contributed by atoms with E-state index in [2.05, 4.69) is 22.6 Å². The molecule has 2 aromatic rings. The van der Waals surface area contributed by atoms with E-state index in [4.69, 9.17) is 4.74 Å². The van der Waals surface area contributed by atoms with Crippen molar-refractivity contribution in [3.63, 3.8) is 0 Å². The minimum atomic E-state index is 0.742.